The van der Waals surface area contributed by atoms with Gasteiger partial charge < -0.3 is 10.1 Å². The second kappa shape index (κ2) is 9.41. The van der Waals surface area contributed by atoms with Crippen LogP contribution in [0.5, 0.6) is 11.5 Å². The second-order valence-electron chi connectivity index (χ2n) is 7.70. The van der Waals surface area contributed by atoms with E-state index in [9.17, 15) is 4.79 Å². The number of nitrogens with zero attached hydrogens (tertiary/aromatic N) is 2. The Morgan fingerprint density at radius 3 is 2.48 bits per heavy atom. The predicted octanol–water partition coefficient (Wildman–Crippen LogP) is 4.81. The van der Waals surface area contributed by atoms with Crippen LogP contribution < -0.4 is 10.1 Å². The van der Waals surface area contributed by atoms with Crippen molar-refractivity contribution in [1.29, 1.82) is 0 Å². The summed E-state index contributed by atoms with van der Waals surface area (Å²) in [5.41, 5.74) is 3.94. The molecule has 1 N–H and O–H groups in total. The molecule has 0 saturated carbocycles. The normalized spacial score (nSPS) is 10.9. The van der Waals surface area contributed by atoms with E-state index in [0.717, 1.165) is 40.6 Å². The summed E-state index contributed by atoms with van der Waals surface area (Å²) in [6, 6.07) is 17.4. The van der Waals surface area contributed by atoms with Crippen LogP contribution in [-0.2, 0) is 24.3 Å². The molecule has 1 aromatic heterocycles. The lowest BCUT2D eigenvalue weighted by Gasteiger charge is -2.12. The molecule has 3 rings (SSSR count). The van der Waals surface area contributed by atoms with Crippen molar-refractivity contribution < 1.29 is 9.53 Å². The zero-order valence-corrected chi connectivity index (χ0v) is 17.6. The van der Waals surface area contributed by atoms with Crippen molar-refractivity contribution in [3.05, 3.63) is 77.1 Å². The molecule has 0 atom stereocenters. The third kappa shape index (κ3) is 5.47. The molecule has 5 heteroatoms. The molecule has 0 radical (unpaired) electrons. The number of hydrogen-bond acceptors (Lipinski definition) is 3. The molecule has 2 aromatic carbocycles. The van der Waals surface area contributed by atoms with Gasteiger partial charge in [-0.05, 0) is 38.0 Å². The molecule has 0 aliphatic rings. The molecule has 0 saturated heterocycles. The molecule has 0 spiro atoms. The van der Waals surface area contributed by atoms with Gasteiger partial charge in [-0.15, -0.1) is 0 Å². The third-order valence-corrected chi connectivity index (χ3v) is 4.83. The Morgan fingerprint density at radius 2 is 1.76 bits per heavy atom. The number of hydrogen-bond donors (Lipinski definition) is 1. The Labute approximate surface area is 172 Å². The standard InChI is InChI=1S/C24H29N3O2/c1-17(2)16-27-19(4)22(18(3)26-27)14-24(28)25-15-20-10-8-9-13-23(20)29-21-11-6-5-7-12-21/h5-13,17H,14-16H2,1-4H3,(H,25,28). The van der Waals surface area contributed by atoms with Crippen LogP contribution in [0.25, 0.3) is 0 Å². The average Bonchev–Trinajstić information content (AvgIpc) is 2.95. The number of nitrogens with one attached hydrogen (secondary N) is 1. The summed E-state index contributed by atoms with van der Waals surface area (Å²) in [5, 5.41) is 7.62. The number of rotatable bonds is 8. The van der Waals surface area contributed by atoms with E-state index < -0.39 is 0 Å². The smallest absolute Gasteiger partial charge is 0.224 e. The minimum atomic E-state index is -0.0187. The Balaban J connectivity index is 1.64. The summed E-state index contributed by atoms with van der Waals surface area (Å²) in [5.74, 6) is 2.01. The van der Waals surface area contributed by atoms with Gasteiger partial charge in [-0.25, -0.2) is 0 Å². The third-order valence-electron chi connectivity index (χ3n) is 4.83. The summed E-state index contributed by atoms with van der Waals surface area (Å²) in [6.45, 7) is 9.61. The van der Waals surface area contributed by atoms with Crippen molar-refractivity contribution in [2.75, 3.05) is 0 Å². The summed E-state index contributed by atoms with van der Waals surface area (Å²) >= 11 is 0. The number of ether oxygens (including phenoxy) is 1. The van der Waals surface area contributed by atoms with Crippen LogP contribution in [0.2, 0.25) is 0 Å². The van der Waals surface area contributed by atoms with Crippen LogP contribution in [0.3, 0.4) is 0 Å². The molecule has 0 fully saturated rings. The van der Waals surface area contributed by atoms with Crippen molar-refractivity contribution >= 4 is 5.91 Å². The first-order valence-corrected chi connectivity index (χ1v) is 10.0. The maximum absolute atomic E-state index is 12.6. The first kappa shape index (κ1) is 20.6. The number of para-hydroxylation sites is 2. The van der Waals surface area contributed by atoms with Crippen LogP contribution in [0.4, 0.5) is 0 Å². The van der Waals surface area contributed by atoms with Gasteiger partial charge in [-0.3, -0.25) is 9.48 Å². The number of aromatic nitrogens is 2. The molecular formula is C24H29N3O2. The van der Waals surface area contributed by atoms with E-state index in [-0.39, 0.29) is 5.91 Å². The van der Waals surface area contributed by atoms with Crippen molar-refractivity contribution in [2.24, 2.45) is 5.92 Å². The molecule has 3 aromatic rings. The molecule has 5 nitrogen and oxygen atoms in total. The zero-order chi connectivity index (χ0) is 20.8. The van der Waals surface area contributed by atoms with E-state index in [1.54, 1.807) is 0 Å². The topological polar surface area (TPSA) is 56.2 Å². The molecular weight excluding hydrogens is 362 g/mol. The SMILES string of the molecule is Cc1nn(CC(C)C)c(C)c1CC(=O)NCc1ccccc1Oc1ccccc1. The quantitative estimate of drug-likeness (QED) is 0.600. The molecule has 0 aliphatic carbocycles. The molecule has 0 aliphatic heterocycles. The van der Waals surface area contributed by atoms with Gasteiger partial charge in [-0.1, -0.05) is 50.2 Å². The number of carbonyl (C=O) groups excluding carboxylic acids is 1. The fourth-order valence-electron chi connectivity index (χ4n) is 3.30. The van der Waals surface area contributed by atoms with Gasteiger partial charge in [0.05, 0.1) is 12.1 Å². The van der Waals surface area contributed by atoms with Gasteiger partial charge >= 0.3 is 0 Å². The second-order valence-corrected chi connectivity index (χ2v) is 7.70. The molecule has 0 bridgehead atoms. The van der Waals surface area contributed by atoms with Crippen molar-refractivity contribution in [2.45, 2.75) is 47.2 Å². The van der Waals surface area contributed by atoms with Crippen LogP contribution in [0.1, 0.15) is 36.4 Å². The first-order chi connectivity index (χ1) is 13.9. The van der Waals surface area contributed by atoms with E-state index in [1.165, 1.54) is 0 Å². The molecule has 0 unspecified atom stereocenters. The zero-order valence-electron chi connectivity index (χ0n) is 17.6. The monoisotopic (exact) mass is 391 g/mol. The Hall–Kier alpha value is -3.08. The predicted molar refractivity (Wildman–Crippen MR) is 115 cm³/mol. The van der Waals surface area contributed by atoms with Crippen molar-refractivity contribution in [3.63, 3.8) is 0 Å². The van der Waals surface area contributed by atoms with Crippen LogP contribution >= 0.6 is 0 Å². The molecule has 152 valence electrons. The van der Waals surface area contributed by atoms with Gasteiger partial charge in [0.15, 0.2) is 0 Å². The van der Waals surface area contributed by atoms with E-state index >= 15 is 0 Å². The van der Waals surface area contributed by atoms with E-state index in [1.807, 2.05) is 73.1 Å². The lowest BCUT2D eigenvalue weighted by atomic mass is 10.1. The summed E-state index contributed by atoms with van der Waals surface area (Å²) in [6.07, 6.45) is 0.331. The van der Waals surface area contributed by atoms with Crippen molar-refractivity contribution in [1.82, 2.24) is 15.1 Å². The van der Waals surface area contributed by atoms with E-state index in [4.69, 9.17) is 4.74 Å². The van der Waals surface area contributed by atoms with Gasteiger partial charge in [0.1, 0.15) is 11.5 Å². The number of amides is 1. The largest absolute Gasteiger partial charge is 0.457 e. The van der Waals surface area contributed by atoms with Crippen molar-refractivity contribution in [3.8, 4) is 11.5 Å². The highest BCUT2D eigenvalue weighted by molar-refractivity contribution is 5.79. The average molecular weight is 392 g/mol. The summed E-state index contributed by atoms with van der Waals surface area (Å²) in [7, 11) is 0. The maximum atomic E-state index is 12.6. The summed E-state index contributed by atoms with van der Waals surface area (Å²) in [4.78, 5) is 12.6. The Morgan fingerprint density at radius 1 is 1.07 bits per heavy atom. The minimum absolute atomic E-state index is 0.0187. The lowest BCUT2D eigenvalue weighted by molar-refractivity contribution is -0.120. The van der Waals surface area contributed by atoms with Crippen LogP contribution in [0, 0.1) is 19.8 Å². The van der Waals surface area contributed by atoms with E-state index in [2.05, 4.69) is 24.3 Å². The Bertz CT molecular complexity index is 962. The lowest BCUT2D eigenvalue weighted by Crippen LogP contribution is -2.25. The summed E-state index contributed by atoms with van der Waals surface area (Å²) < 4.78 is 7.98. The number of carbonyl (C=O) groups is 1. The number of aryl methyl sites for hydroxylation is 1. The molecule has 29 heavy (non-hydrogen) atoms. The maximum Gasteiger partial charge on any atom is 0.224 e. The first-order valence-electron chi connectivity index (χ1n) is 10.0. The highest BCUT2D eigenvalue weighted by Crippen LogP contribution is 2.25. The van der Waals surface area contributed by atoms with Crippen LogP contribution in [0.15, 0.2) is 54.6 Å². The van der Waals surface area contributed by atoms with Gasteiger partial charge in [-0.2, -0.15) is 5.10 Å². The van der Waals surface area contributed by atoms with Crippen LogP contribution in [-0.4, -0.2) is 15.7 Å². The number of benzene rings is 2. The Kier molecular flexibility index (Phi) is 6.70. The van der Waals surface area contributed by atoms with Gasteiger partial charge in [0, 0.05) is 29.9 Å². The highest BCUT2D eigenvalue weighted by Gasteiger charge is 2.16. The minimum Gasteiger partial charge on any atom is -0.457 e. The fraction of sp³-hybridized carbons (Fsp3) is 0.333. The van der Waals surface area contributed by atoms with Gasteiger partial charge in [0.25, 0.3) is 0 Å². The van der Waals surface area contributed by atoms with Gasteiger partial charge in [0.2, 0.25) is 5.91 Å². The van der Waals surface area contributed by atoms with E-state index in [0.29, 0.717) is 18.9 Å². The molecule has 1 heterocycles. The fourth-order valence-corrected chi connectivity index (χ4v) is 3.30. The molecule has 1 amide bonds. The highest BCUT2D eigenvalue weighted by atomic mass is 16.5.